The molecule has 2 aromatic carbocycles. The Labute approximate surface area is 132 Å². The van der Waals surface area contributed by atoms with E-state index in [9.17, 15) is 4.79 Å². The zero-order valence-corrected chi connectivity index (χ0v) is 13.1. The fourth-order valence-corrected chi connectivity index (χ4v) is 2.81. The van der Waals surface area contributed by atoms with Crippen LogP contribution in [0.3, 0.4) is 0 Å². The van der Waals surface area contributed by atoms with Gasteiger partial charge in [0, 0.05) is 11.6 Å². The van der Waals surface area contributed by atoms with Crippen molar-refractivity contribution in [1.82, 2.24) is 0 Å². The molecule has 0 amide bonds. The SMILES string of the molecule is O=C(CBr)c1c2ccccc2cc[n+]1Cc1ccccc1. The number of aromatic nitrogens is 1. The smallest absolute Gasteiger partial charge is 0.257 e. The van der Waals surface area contributed by atoms with Crippen molar-refractivity contribution in [2.45, 2.75) is 6.54 Å². The van der Waals surface area contributed by atoms with Gasteiger partial charge < -0.3 is 0 Å². The van der Waals surface area contributed by atoms with Crippen LogP contribution in [0, 0.1) is 0 Å². The zero-order chi connectivity index (χ0) is 14.7. The van der Waals surface area contributed by atoms with Gasteiger partial charge in [0.25, 0.3) is 5.69 Å². The predicted molar refractivity (Wildman–Crippen MR) is 87.8 cm³/mol. The second-order valence-corrected chi connectivity index (χ2v) is 5.48. The molecule has 0 N–H and O–H groups in total. The van der Waals surface area contributed by atoms with Crippen LogP contribution >= 0.6 is 15.9 Å². The summed E-state index contributed by atoms with van der Waals surface area (Å²) in [5, 5.41) is 2.42. The van der Waals surface area contributed by atoms with Gasteiger partial charge in [-0.1, -0.05) is 64.5 Å². The molecule has 1 heterocycles. The topological polar surface area (TPSA) is 20.9 Å². The second-order valence-electron chi connectivity index (χ2n) is 4.92. The van der Waals surface area contributed by atoms with Crippen molar-refractivity contribution in [3.05, 3.63) is 78.1 Å². The summed E-state index contributed by atoms with van der Waals surface area (Å²) < 4.78 is 2.03. The van der Waals surface area contributed by atoms with Gasteiger partial charge in [-0.05, 0) is 11.5 Å². The van der Waals surface area contributed by atoms with Crippen LogP contribution in [0.5, 0.6) is 0 Å². The van der Waals surface area contributed by atoms with E-state index in [0.29, 0.717) is 11.9 Å². The first-order chi connectivity index (χ1) is 10.3. The Morgan fingerprint density at radius 1 is 0.952 bits per heavy atom. The van der Waals surface area contributed by atoms with Crippen LogP contribution < -0.4 is 4.57 Å². The van der Waals surface area contributed by atoms with Crippen LogP contribution in [0.4, 0.5) is 0 Å². The van der Waals surface area contributed by atoms with Gasteiger partial charge in [-0.3, -0.25) is 4.79 Å². The summed E-state index contributed by atoms with van der Waals surface area (Å²) in [7, 11) is 0. The third kappa shape index (κ3) is 2.88. The van der Waals surface area contributed by atoms with Crippen molar-refractivity contribution in [3.63, 3.8) is 0 Å². The molecule has 0 fully saturated rings. The molecule has 0 atom stereocenters. The largest absolute Gasteiger partial charge is 0.286 e. The summed E-state index contributed by atoms with van der Waals surface area (Å²) in [6.45, 7) is 0.694. The van der Waals surface area contributed by atoms with E-state index in [0.717, 1.165) is 16.5 Å². The first kappa shape index (κ1) is 14.0. The van der Waals surface area contributed by atoms with Gasteiger partial charge in [-0.15, -0.1) is 0 Å². The third-order valence-electron chi connectivity index (χ3n) is 3.52. The van der Waals surface area contributed by atoms with E-state index < -0.39 is 0 Å². The van der Waals surface area contributed by atoms with Crippen LogP contribution in [0.25, 0.3) is 10.8 Å². The van der Waals surface area contributed by atoms with Gasteiger partial charge in [0.15, 0.2) is 12.7 Å². The average molecular weight is 341 g/mol. The number of rotatable bonds is 4. The zero-order valence-electron chi connectivity index (χ0n) is 11.5. The van der Waals surface area contributed by atoms with E-state index in [2.05, 4.69) is 34.1 Å². The molecule has 3 aromatic rings. The second kappa shape index (κ2) is 6.19. The van der Waals surface area contributed by atoms with Crippen molar-refractivity contribution < 1.29 is 9.36 Å². The van der Waals surface area contributed by atoms with Crippen molar-refractivity contribution in [2.24, 2.45) is 0 Å². The van der Waals surface area contributed by atoms with E-state index in [1.165, 1.54) is 5.56 Å². The lowest BCUT2D eigenvalue weighted by atomic mass is 10.1. The molecule has 0 aliphatic rings. The van der Waals surface area contributed by atoms with E-state index >= 15 is 0 Å². The molecule has 0 radical (unpaired) electrons. The minimum atomic E-state index is 0.0998. The molecule has 0 aliphatic carbocycles. The highest BCUT2D eigenvalue weighted by atomic mass is 79.9. The predicted octanol–water partition coefficient (Wildman–Crippen LogP) is 3.75. The molecule has 0 spiro atoms. The Bertz CT molecular complexity index is 784. The molecular weight excluding hydrogens is 326 g/mol. The Kier molecular flexibility index (Phi) is 4.11. The number of hydrogen-bond acceptors (Lipinski definition) is 1. The highest BCUT2D eigenvalue weighted by Crippen LogP contribution is 2.17. The number of ketones is 1. The molecule has 1 aromatic heterocycles. The fourth-order valence-electron chi connectivity index (χ4n) is 2.54. The number of pyridine rings is 1. The van der Waals surface area contributed by atoms with E-state index in [1.54, 1.807) is 0 Å². The van der Waals surface area contributed by atoms with Crippen molar-refractivity contribution in [3.8, 4) is 0 Å². The monoisotopic (exact) mass is 340 g/mol. The highest BCUT2D eigenvalue weighted by Gasteiger charge is 2.22. The van der Waals surface area contributed by atoms with Gasteiger partial charge in [-0.25, -0.2) is 0 Å². The number of halogens is 1. The maximum absolute atomic E-state index is 12.4. The van der Waals surface area contributed by atoms with Gasteiger partial charge in [0.1, 0.15) is 0 Å². The summed E-state index contributed by atoms with van der Waals surface area (Å²) in [6, 6.07) is 20.2. The molecule has 0 unspecified atom stereocenters. The summed E-state index contributed by atoms with van der Waals surface area (Å²) in [5.41, 5.74) is 1.94. The van der Waals surface area contributed by atoms with E-state index in [1.807, 2.05) is 53.2 Å². The number of alkyl halides is 1. The lowest BCUT2D eigenvalue weighted by Crippen LogP contribution is -2.41. The van der Waals surface area contributed by atoms with E-state index in [4.69, 9.17) is 0 Å². The molecule has 3 heteroatoms. The normalized spacial score (nSPS) is 10.7. The number of carbonyl (C=O) groups excluding carboxylic acids is 1. The van der Waals surface area contributed by atoms with Gasteiger partial charge in [0.05, 0.1) is 10.7 Å². The Hall–Kier alpha value is -2.00. The number of carbonyl (C=O) groups is 1. The molecule has 3 rings (SSSR count). The van der Waals surface area contributed by atoms with E-state index in [-0.39, 0.29) is 5.78 Å². The Morgan fingerprint density at radius 2 is 1.67 bits per heavy atom. The van der Waals surface area contributed by atoms with Crippen molar-refractivity contribution in [1.29, 1.82) is 0 Å². The first-order valence-electron chi connectivity index (χ1n) is 6.84. The van der Waals surface area contributed by atoms with Crippen LogP contribution in [0.15, 0.2) is 66.9 Å². The number of hydrogen-bond donors (Lipinski definition) is 0. The van der Waals surface area contributed by atoms with Gasteiger partial charge in [0.2, 0.25) is 5.78 Å². The molecule has 104 valence electrons. The minimum absolute atomic E-state index is 0.0998. The van der Waals surface area contributed by atoms with Crippen LogP contribution in [0.2, 0.25) is 0 Å². The number of nitrogens with zero attached hydrogens (tertiary/aromatic N) is 1. The lowest BCUT2D eigenvalue weighted by molar-refractivity contribution is -0.688. The average Bonchev–Trinajstić information content (AvgIpc) is 2.55. The maximum atomic E-state index is 12.4. The maximum Gasteiger partial charge on any atom is 0.257 e. The summed E-state index contributed by atoms with van der Waals surface area (Å²) in [5.74, 6) is 0.0998. The Balaban J connectivity index is 2.15. The molecule has 0 saturated heterocycles. The van der Waals surface area contributed by atoms with Gasteiger partial charge in [-0.2, -0.15) is 4.57 Å². The van der Waals surface area contributed by atoms with Crippen LogP contribution in [-0.2, 0) is 6.54 Å². The number of Topliss-reactive ketones (excluding diaryl/α,β-unsaturated/α-hetero) is 1. The Morgan fingerprint density at radius 3 is 2.43 bits per heavy atom. The molecule has 21 heavy (non-hydrogen) atoms. The van der Waals surface area contributed by atoms with Gasteiger partial charge >= 0.3 is 0 Å². The fraction of sp³-hybridized carbons (Fsp3) is 0.111. The first-order valence-corrected chi connectivity index (χ1v) is 7.96. The van der Waals surface area contributed by atoms with Crippen molar-refractivity contribution >= 4 is 32.5 Å². The van der Waals surface area contributed by atoms with Crippen molar-refractivity contribution in [2.75, 3.05) is 5.33 Å². The standard InChI is InChI=1S/C18H15BrNO/c19-12-17(21)18-16-9-5-4-8-15(16)10-11-20(18)13-14-6-2-1-3-7-14/h1-11H,12-13H2/q+1. The third-order valence-corrected chi connectivity index (χ3v) is 4.03. The highest BCUT2D eigenvalue weighted by molar-refractivity contribution is 9.09. The molecule has 0 bridgehead atoms. The summed E-state index contributed by atoms with van der Waals surface area (Å²) in [6.07, 6.45) is 1.99. The van der Waals surface area contributed by atoms with Crippen LogP contribution in [0.1, 0.15) is 16.1 Å². The number of benzene rings is 2. The quantitative estimate of drug-likeness (QED) is 0.402. The minimum Gasteiger partial charge on any atom is -0.286 e. The number of fused-ring (bicyclic) bond motifs is 1. The molecule has 0 aliphatic heterocycles. The lowest BCUT2D eigenvalue weighted by Gasteiger charge is -2.06. The van der Waals surface area contributed by atoms with Crippen LogP contribution in [-0.4, -0.2) is 11.1 Å². The summed E-state index contributed by atoms with van der Waals surface area (Å²) in [4.78, 5) is 12.4. The summed E-state index contributed by atoms with van der Waals surface area (Å²) >= 11 is 3.29. The molecule has 2 nitrogen and oxygen atoms in total. The molecular formula is C18H15BrNO+. The molecule has 0 saturated carbocycles.